The summed E-state index contributed by atoms with van der Waals surface area (Å²) in [4.78, 5) is 14.7. The molecule has 0 aliphatic carbocycles. The molecule has 2 heterocycles. The number of likely N-dealkylation sites (tertiary alicyclic amines) is 1. The van der Waals surface area contributed by atoms with E-state index in [9.17, 15) is 18.0 Å². The summed E-state index contributed by atoms with van der Waals surface area (Å²) in [5.41, 5.74) is -0.643. The van der Waals surface area contributed by atoms with E-state index in [0.717, 1.165) is 32.0 Å². The largest absolute Gasteiger partial charge is 0.417 e. The van der Waals surface area contributed by atoms with E-state index >= 15 is 0 Å². The normalized spacial score (nSPS) is 16.8. The molecule has 2 N–H and O–H groups in total. The highest BCUT2D eigenvalue weighted by atomic mass is 19.4. The second-order valence-corrected chi connectivity index (χ2v) is 6.25. The monoisotopic (exact) mass is 352 g/mol. The summed E-state index contributed by atoms with van der Waals surface area (Å²) in [5.74, 6) is -0.431. The molecule has 134 valence electrons. The van der Waals surface area contributed by atoms with Crippen LogP contribution in [0, 0.1) is 0 Å². The maximum Gasteiger partial charge on any atom is 0.417 e. The number of halogens is 3. The molecule has 0 unspecified atom stereocenters. The van der Waals surface area contributed by atoms with Crippen molar-refractivity contribution in [2.45, 2.75) is 25.1 Å². The van der Waals surface area contributed by atoms with Crippen molar-refractivity contribution >= 4 is 5.91 Å². The second kappa shape index (κ2) is 6.87. The number of H-pyrrole nitrogens is 1. The Balaban J connectivity index is 1.85. The number of benzene rings is 1. The fourth-order valence-electron chi connectivity index (χ4n) is 3.04. The van der Waals surface area contributed by atoms with Crippen molar-refractivity contribution < 1.29 is 18.0 Å². The summed E-state index contributed by atoms with van der Waals surface area (Å²) in [6.45, 7) is 1.75. The van der Waals surface area contributed by atoms with Gasteiger partial charge in [0.2, 0.25) is 0 Å². The number of carbonyl (C=O) groups is 1. The molecule has 0 bridgehead atoms. The van der Waals surface area contributed by atoms with Gasteiger partial charge in [-0.25, -0.2) is 0 Å². The maximum atomic E-state index is 13.2. The molecule has 25 heavy (non-hydrogen) atoms. The minimum absolute atomic E-state index is 0.0118. The van der Waals surface area contributed by atoms with Crippen LogP contribution >= 0.6 is 0 Å². The van der Waals surface area contributed by atoms with Gasteiger partial charge in [0.25, 0.3) is 5.91 Å². The third-order valence-electron chi connectivity index (χ3n) is 4.44. The average Bonchev–Trinajstić information content (AvgIpc) is 3.06. The lowest BCUT2D eigenvalue weighted by Gasteiger charge is -2.29. The Morgan fingerprint density at radius 3 is 2.60 bits per heavy atom. The van der Waals surface area contributed by atoms with E-state index in [-0.39, 0.29) is 22.9 Å². The molecular weight excluding hydrogens is 333 g/mol. The first-order valence-electron chi connectivity index (χ1n) is 8.05. The molecule has 1 aromatic carbocycles. The summed E-state index contributed by atoms with van der Waals surface area (Å²) in [6, 6.07) is 5.19. The topological polar surface area (TPSA) is 61.0 Å². The highest BCUT2D eigenvalue weighted by molar-refractivity contribution is 5.99. The summed E-state index contributed by atoms with van der Waals surface area (Å²) in [7, 11) is 2.01. The standard InChI is InChI=1S/C17H19F3N4O/c1-24-8-6-11(7-9-24)22-16(25)15-13(10-21-23-15)12-4-2-3-5-14(12)17(18,19)20/h2-5,10-11H,6-9H2,1H3,(H,21,23)(H,22,25). The summed E-state index contributed by atoms with van der Waals surface area (Å²) in [5, 5.41) is 9.22. The third-order valence-corrected chi connectivity index (χ3v) is 4.44. The number of rotatable bonds is 3. The molecule has 0 atom stereocenters. The fourth-order valence-corrected chi connectivity index (χ4v) is 3.04. The number of aromatic amines is 1. The molecule has 5 nitrogen and oxygen atoms in total. The Morgan fingerprint density at radius 2 is 1.92 bits per heavy atom. The van der Waals surface area contributed by atoms with Crippen LogP contribution in [0.5, 0.6) is 0 Å². The number of hydrogen-bond acceptors (Lipinski definition) is 3. The molecule has 1 saturated heterocycles. The van der Waals surface area contributed by atoms with Gasteiger partial charge in [-0.1, -0.05) is 18.2 Å². The van der Waals surface area contributed by atoms with E-state index in [2.05, 4.69) is 20.4 Å². The molecule has 1 aliphatic heterocycles. The molecule has 1 aromatic heterocycles. The molecule has 1 fully saturated rings. The van der Waals surface area contributed by atoms with Crippen LogP contribution in [-0.2, 0) is 6.18 Å². The molecule has 2 aromatic rings. The van der Waals surface area contributed by atoms with Gasteiger partial charge in [0.15, 0.2) is 0 Å². The zero-order valence-electron chi connectivity index (χ0n) is 13.7. The molecule has 8 heteroatoms. The van der Waals surface area contributed by atoms with E-state index in [0.29, 0.717) is 0 Å². The zero-order chi connectivity index (χ0) is 18.0. The van der Waals surface area contributed by atoms with E-state index in [1.807, 2.05) is 7.05 Å². The summed E-state index contributed by atoms with van der Waals surface area (Å²) in [6.07, 6.45) is -1.63. The molecule has 3 rings (SSSR count). The number of piperidine rings is 1. The maximum absolute atomic E-state index is 13.2. The number of nitrogens with zero attached hydrogens (tertiary/aromatic N) is 2. The number of amides is 1. The SMILES string of the molecule is CN1CCC(NC(=O)c2[nH]ncc2-c2ccccc2C(F)(F)F)CC1. The van der Waals surface area contributed by atoms with Gasteiger partial charge >= 0.3 is 6.18 Å². The lowest BCUT2D eigenvalue weighted by atomic mass is 9.99. The van der Waals surface area contributed by atoms with Gasteiger partial charge in [-0.2, -0.15) is 18.3 Å². The lowest BCUT2D eigenvalue weighted by Crippen LogP contribution is -2.43. The Kier molecular flexibility index (Phi) is 4.80. The van der Waals surface area contributed by atoms with E-state index in [1.165, 1.54) is 24.4 Å². The smallest absolute Gasteiger partial charge is 0.348 e. The minimum Gasteiger partial charge on any atom is -0.348 e. The minimum atomic E-state index is -4.50. The van der Waals surface area contributed by atoms with Gasteiger partial charge in [0.05, 0.1) is 11.8 Å². The zero-order valence-corrected chi connectivity index (χ0v) is 13.7. The molecule has 0 spiro atoms. The molecule has 1 amide bonds. The van der Waals surface area contributed by atoms with Crippen molar-refractivity contribution in [3.05, 3.63) is 41.7 Å². The van der Waals surface area contributed by atoms with Gasteiger partial charge < -0.3 is 10.2 Å². The van der Waals surface area contributed by atoms with E-state index < -0.39 is 17.6 Å². The number of hydrogen-bond donors (Lipinski definition) is 2. The van der Waals surface area contributed by atoms with E-state index in [1.54, 1.807) is 0 Å². The van der Waals surface area contributed by atoms with E-state index in [4.69, 9.17) is 0 Å². The van der Waals surface area contributed by atoms with Crippen molar-refractivity contribution in [2.75, 3.05) is 20.1 Å². The Hall–Kier alpha value is -2.35. The van der Waals surface area contributed by atoms with Crippen LogP contribution in [0.2, 0.25) is 0 Å². The van der Waals surface area contributed by atoms with Crippen LogP contribution < -0.4 is 5.32 Å². The third kappa shape index (κ3) is 3.84. The van der Waals surface area contributed by atoms with Crippen molar-refractivity contribution in [1.29, 1.82) is 0 Å². The van der Waals surface area contributed by atoms with Crippen LogP contribution in [0.25, 0.3) is 11.1 Å². The Bertz CT molecular complexity index is 748. The Labute approximate surface area is 143 Å². The predicted molar refractivity (Wildman–Crippen MR) is 87.0 cm³/mol. The fraction of sp³-hybridized carbons (Fsp3) is 0.412. The van der Waals surface area contributed by atoms with Crippen molar-refractivity contribution in [3.8, 4) is 11.1 Å². The molecule has 0 saturated carbocycles. The van der Waals surface area contributed by atoms with Gasteiger partial charge in [0, 0.05) is 11.6 Å². The van der Waals surface area contributed by atoms with Gasteiger partial charge in [-0.05, 0) is 44.6 Å². The van der Waals surface area contributed by atoms with Crippen LogP contribution in [0.1, 0.15) is 28.9 Å². The van der Waals surface area contributed by atoms with Gasteiger partial charge in [-0.3, -0.25) is 9.89 Å². The quantitative estimate of drug-likeness (QED) is 0.893. The van der Waals surface area contributed by atoms with Crippen LogP contribution in [0.3, 0.4) is 0 Å². The highest BCUT2D eigenvalue weighted by Crippen LogP contribution is 2.37. The summed E-state index contributed by atoms with van der Waals surface area (Å²) >= 11 is 0. The number of aromatic nitrogens is 2. The number of nitrogens with one attached hydrogen (secondary N) is 2. The van der Waals surface area contributed by atoms with Crippen molar-refractivity contribution in [2.24, 2.45) is 0 Å². The molecule has 1 aliphatic rings. The number of alkyl halides is 3. The van der Waals surface area contributed by atoms with Gasteiger partial charge in [0.1, 0.15) is 5.69 Å². The van der Waals surface area contributed by atoms with Crippen molar-refractivity contribution in [3.63, 3.8) is 0 Å². The molecular formula is C17H19F3N4O. The highest BCUT2D eigenvalue weighted by Gasteiger charge is 2.34. The van der Waals surface area contributed by atoms with Crippen LogP contribution in [0.4, 0.5) is 13.2 Å². The van der Waals surface area contributed by atoms with Gasteiger partial charge in [-0.15, -0.1) is 0 Å². The first kappa shape index (κ1) is 17.5. The first-order chi connectivity index (χ1) is 11.9. The summed E-state index contributed by atoms with van der Waals surface area (Å²) < 4.78 is 39.7. The average molecular weight is 352 g/mol. The Morgan fingerprint density at radius 1 is 1.24 bits per heavy atom. The van der Waals surface area contributed by atoms with Crippen LogP contribution in [-0.4, -0.2) is 47.2 Å². The molecule has 0 radical (unpaired) electrons. The predicted octanol–water partition coefficient (Wildman–Crippen LogP) is 2.92. The van der Waals surface area contributed by atoms with Crippen molar-refractivity contribution in [1.82, 2.24) is 20.4 Å². The van der Waals surface area contributed by atoms with Crippen LogP contribution in [0.15, 0.2) is 30.5 Å². The first-order valence-corrected chi connectivity index (χ1v) is 8.05. The number of carbonyl (C=O) groups excluding carboxylic acids is 1. The lowest BCUT2D eigenvalue weighted by molar-refractivity contribution is -0.137. The second-order valence-electron chi connectivity index (χ2n) is 6.25.